The highest BCUT2D eigenvalue weighted by Crippen LogP contribution is 2.32. The number of carbonyl (C=O) groups is 1. The van der Waals surface area contributed by atoms with E-state index in [1.165, 1.54) is 0 Å². The largest absolute Gasteiger partial charge is 0.325 e. The molecule has 1 amide bonds. The van der Waals surface area contributed by atoms with E-state index in [0.29, 0.717) is 0 Å². The minimum absolute atomic E-state index is 0.0725. The van der Waals surface area contributed by atoms with Gasteiger partial charge >= 0.3 is 0 Å². The van der Waals surface area contributed by atoms with E-state index in [2.05, 4.69) is 11.9 Å². The van der Waals surface area contributed by atoms with Crippen LogP contribution in [0.1, 0.15) is 27.7 Å². The Morgan fingerprint density at radius 1 is 1.35 bits per heavy atom. The number of nitrogens with one attached hydrogen (secondary N) is 1. The number of benzene rings is 1. The van der Waals surface area contributed by atoms with Crippen LogP contribution in [-0.2, 0) is 4.79 Å². The number of carbonyl (C=O) groups excluding carboxylic acids is 1. The summed E-state index contributed by atoms with van der Waals surface area (Å²) in [5.74, 6) is 0.732. The van der Waals surface area contributed by atoms with Crippen molar-refractivity contribution in [2.75, 3.05) is 11.1 Å². The van der Waals surface area contributed by atoms with E-state index in [1.807, 2.05) is 58.0 Å². The number of anilines is 1. The zero-order valence-corrected chi connectivity index (χ0v) is 13.5. The summed E-state index contributed by atoms with van der Waals surface area (Å²) in [5, 5.41) is 2.99. The van der Waals surface area contributed by atoms with Gasteiger partial charge in [0.05, 0.1) is 11.1 Å². The molecule has 1 aromatic rings. The topological polar surface area (TPSA) is 55.1 Å². The molecule has 3 nitrogen and oxygen atoms in total. The van der Waals surface area contributed by atoms with Crippen molar-refractivity contribution in [1.29, 1.82) is 0 Å². The zero-order valence-electron chi connectivity index (χ0n) is 12.7. The molecule has 0 saturated heterocycles. The fraction of sp³-hybridized carbons (Fsp3) is 0.438. The molecular weight excluding hydrogens is 268 g/mol. The van der Waals surface area contributed by atoms with Crippen molar-refractivity contribution in [3.8, 4) is 0 Å². The van der Waals surface area contributed by atoms with Gasteiger partial charge in [-0.15, -0.1) is 18.3 Å². The van der Waals surface area contributed by atoms with Crippen LogP contribution in [0.3, 0.4) is 0 Å². The summed E-state index contributed by atoms with van der Waals surface area (Å²) in [6.07, 6.45) is 1.84. The third-order valence-electron chi connectivity index (χ3n) is 3.67. The van der Waals surface area contributed by atoms with Gasteiger partial charge in [-0.3, -0.25) is 4.79 Å². The standard InChI is InChI=1S/C16H24N2OS/c1-6-11-20-13-10-8-7-9-12(13)18-14(19)15(2,3)16(4,5)17/h6-10H,1,11,17H2,2-5H3,(H,18,19). The minimum atomic E-state index is -0.663. The van der Waals surface area contributed by atoms with Gasteiger partial charge < -0.3 is 11.1 Å². The lowest BCUT2D eigenvalue weighted by atomic mass is 9.74. The van der Waals surface area contributed by atoms with Gasteiger partial charge in [0.2, 0.25) is 5.91 Å². The zero-order chi connectivity index (χ0) is 15.4. The summed E-state index contributed by atoms with van der Waals surface area (Å²) in [7, 11) is 0. The molecule has 0 aliphatic heterocycles. The first kappa shape index (κ1) is 16.8. The van der Waals surface area contributed by atoms with Crippen molar-refractivity contribution in [1.82, 2.24) is 0 Å². The second-order valence-corrected chi connectivity index (χ2v) is 6.96. The molecule has 0 heterocycles. The third-order valence-corrected chi connectivity index (χ3v) is 4.74. The molecule has 0 aliphatic rings. The Bertz CT molecular complexity index is 489. The Labute approximate surface area is 126 Å². The van der Waals surface area contributed by atoms with Gasteiger partial charge in [0.15, 0.2) is 0 Å². The molecule has 0 bridgehead atoms. The molecule has 0 fully saturated rings. The number of hydrogen-bond acceptors (Lipinski definition) is 3. The quantitative estimate of drug-likeness (QED) is 0.621. The first-order chi connectivity index (χ1) is 9.20. The van der Waals surface area contributed by atoms with Crippen LogP contribution in [0.2, 0.25) is 0 Å². The molecule has 1 rings (SSSR count). The van der Waals surface area contributed by atoms with E-state index in [1.54, 1.807) is 11.8 Å². The molecular formula is C16H24N2OS. The van der Waals surface area contributed by atoms with Crippen LogP contribution in [0.5, 0.6) is 0 Å². The van der Waals surface area contributed by atoms with Crippen molar-refractivity contribution in [3.05, 3.63) is 36.9 Å². The van der Waals surface area contributed by atoms with Crippen LogP contribution < -0.4 is 11.1 Å². The molecule has 0 spiro atoms. The maximum Gasteiger partial charge on any atom is 0.231 e. The molecule has 110 valence electrons. The first-order valence-corrected chi connectivity index (χ1v) is 7.62. The van der Waals surface area contributed by atoms with Crippen molar-refractivity contribution in [2.24, 2.45) is 11.1 Å². The van der Waals surface area contributed by atoms with Crippen LogP contribution in [-0.4, -0.2) is 17.2 Å². The molecule has 3 N–H and O–H groups in total. The predicted octanol–water partition coefficient (Wildman–Crippen LogP) is 3.67. The number of hydrogen-bond donors (Lipinski definition) is 2. The Kier molecular flexibility index (Phi) is 5.42. The normalized spacial score (nSPS) is 12.1. The molecule has 20 heavy (non-hydrogen) atoms. The lowest BCUT2D eigenvalue weighted by Crippen LogP contribution is -2.53. The molecule has 0 unspecified atom stereocenters. The molecule has 0 atom stereocenters. The highest BCUT2D eigenvalue weighted by Gasteiger charge is 2.40. The van der Waals surface area contributed by atoms with E-state index < -0.39 is 11.0 Å². The van der Waals surface area contributed by atoms with Crippen molar-refractivity contribution < 1.29 is 4.79 Å². The Hall–Kier alpha value is -1.26. The average Bonchev–Trinajstić information content (AvgIpc) is 2.36. The maximum atomic E-state index is 12.5. The van der Waals surface area contributed by atoms with Gasteiger partial charge in [-0.25, -0.2) is 0 Å². The highest BCUT2D eigenvalue weighted by molar-refractivity contribution is 7.99. The minimum Gasteiger partial charge on any atom is -0.325 e. The number of rotatable bonds is 6. The van der Waals surface area contributed by atoms with E-state index in [9.17, 15) is 4.79 Å². The smallest absolute Gasteiger partial charge is 0.231 e. The van der Waals surface area contributed by atoms with Crippen LogP contribution in [0.4, 0.5) is 5.69 Å². The number of amides is 1. The second-order valence-electron chi connectivity index (χ2n) is 5.90. The van der Waals surface area contributed by atoms with Crippen LogP contribution >= 0.6 is 11.8 Å². The predicted molar refractivity (Wildman–Crippen MR) is 88.0 cm³/mol. The number of para-hydroxylation sites is 1. The Balaban J connectivity index is 2.93. The fourth-order valence-electron chi connectivity index (χ4n) is 1.42. The summed E-state index contributed by atoms with van der Waals surface area (Å²) in [6, 6.07) is 7.76. The summed E-state index contributed by atoms with van der Waals surface area (Å²) in [4.78, 5) is 13.5. The monoisotopic (exact) mass is 292 g/mol. The van der Waals surface area contributed by atoms with E-state index in [-0.39, 0.29) is 5.91 Å². The second kappa shape index (κ2) is 6.46. The molecule has 0 radical (unpaired) electrons. The molecule has 1 aromatic carbocycles. The Morgan fingerprint density at radius 3 is 2.50 bits per heavy atom. The van der Waals surface area contributed by atoms with Gasteiger partial charge in [-0.05, 0) is 39.8 Å². The lowest BCUT2D eigenvalue weighted by Gasteiger charge is -2.37. The first-order valence-electron chi connectivity index (χ1n) is 6.63. The van der Waals surface area contributed by atoms with Gasteiger partial charge in [-0.1, -0.05) is 18.2 Å². The molecule has 4 heteroatoms. The summed E-state index contributed by atoms with van der Waals surface area (Å²) >= 11 is 1.64. The van der Waals surface area contributed by atoms with Crippen molar-refractivity contribution in [2.45, 2.75) is 38.1 Å². The number of nitrogens with two attached hydrogens (primary N) is 1. The highest BCUT2D eigenvalue weighted by atomic mass is 32.2. The summed E-state index contributed by atoms with van der Waals surface area (Å²) in [5.41, 5.74) is 5.67. The van der Waals surface area contributed by atoms with Gasteiger partial charge in [0.25, 0.3) is 0 Å². The van der Waals surface area contributed by atoms with Crippen LogP contribution in [0, 0.1) is 5.41 Å². The van der Waals surface area contributed by atoms with E-state index >= 15 is 0 Å². The third kappa shape index (κ3) is 3.87. The molecule has 0 aromatic heterocycles. The molecule has 0 aliphatic carbocycles. The van der Waals surface area contributed by atoms with E-state index in [0.717, 1.165) is 16.3 Å². The van der Waals surface area contributed by atoms with Crippen LogP contribution in [0.25, 0.3) is 0 Å². The summed E-state index contributed by atoms with van der Waals surface area (Å²) < 4.78 is 0. The van der Waals surface area contributed by atoms with Gasteiger partial charge in [-0.2, -0.15) is 0 Å². The summed E-state index contributed by atoms with van der Waals surface area (Å²) in [6.45, 7) is 11.2. The van der Waals surface area contributed by atoms with Crippen molar-refractivity contribution in [3.63, 3.8) is 0 Å². The Morgan fingerprint density at radius 2 is 1.95 bits per heavy atom. The van der Waals surface area contributed by atoms with Gasteiger partial charge in [0, 0.05) is 16.2 Å². The fourth-order valence-corrected chi connectivity index (χ4v) is 2.16. The van der Waals surface area contributed by atoms with Crippen LogP contribution in [0.15, 0.2) is 41.8 Å². The average molecular weight is 292 g/mol. The maximum absolute atomic E-state index is 12.5. The number of thioether (sulfide) groups is 1. The SMILES string of the molecule is C=CCSc1ccccc1NC(=O)C(C)(C)C(C)(C)N. The molecule has 0 saturated carbocycles. The van der Waals surface area contributed by atoms with E-state index in [4.69, 9.17) is 5.73 Å². The lowest BCUT2D eigenvalue weighted by molar-refractivity contribution is -0.126. The van der Waals surface area contributed by atoms with Gasteiger partial charge in [0.1, 0.15) is 0 Å². The van der Waals surface area contributed by atoms with Crippen molar-refractivity contribution >= 4 is 23.4 Å².